The predicted octanol–water partition coefficient (Wildman–Crippen LogP) is 3.36. The molecule has 0 aliphatic carbocycles. The monoisotopic (exact) mass is 263 g/mol. The van der Waals surface area contributed by atoms with Crippen LogP contribution in [-0.2, 0) is 6.54 Å². The van der Waals surface area contributed by atoms with E-state index >= 15 is 0 Å². The highest BCUT2D eigenvalue weighted by molar-refractivity contribution is 5.69. The van der Waals surface area contributed by atoms with Crippen LogP contribution >= 0.6 is 0 Å². The molecule has 0 unspecified atom stereocenters. The summed E-state index contributed by atoms with van der Waals surface area (Å²) in [5.74, 6) is -1.08. The second-order valence-corrected chi connectivity index (χ2v) is 4.15. The molecule has 2 nitrogen and oxygen atoms in total. The number of rotatable bonds is 4. The summed E-state index contributed by atoms with van der Waals surface area (Å²) < 4.78 is 33.0. The lowest BCUT2D eigenvalue weighted by atomic mass is 9.98. The van der Waals surface area contributed by atoms with Crippen LogP contribution in [0.1, 0.15) is 5.56 Å². The zero-order valence-corrected chi connectivity index (χ0v) is 10.8. The molecule has 0 spiro atoms. The number of benzene rings is 2. The lowest BCUT2D eigenvalue weighted by Crippen LogP contribution is -2.07. The number of hydrogen-bond donors (Lipinski definition) is 1. The van der Waals surface area contributed by atoms with E-state index in [-0.39, 0.29) is 11.3 Å². The molecule has 2 rings (SSSR count). The predicted molar refractivity (Wildman–Crippen MR) is 71.1 cm³/mol. The molecule has 0 fully saturated rings. The standard InChI is InChI=1S/C15H15F2NO/c1-18-9-10-5-3-4-6-12(10)15-13(16)7-11(19-2)8-14(15)17/h3-8,18H,9H2,1-2H3. The van der Waals surface area contributed by atoms with Crippen molar-refractivity contribution in [3.05, 3.63) is 53.6 Å². The molecule has 19 heavy (non-hydrogen) atoms. The van der Waals surface area contributed by atoms with Crippen molar-refractivity contribution < 1.29 is 13.5 Å². The quantitative estimate of drug-likeness (QED) is 0.913. The smallest absolute Gasteiger partial charge is 0.137 e. The molecule has 0 bridgehead atoms. The van der Waals surface area contributed by atoms with Crippen molar-refractivity contribution in [1.29, 1.82) is 0 Å². The van der Waals surface area contributed by atoms with Gasteiger partial charge in [-0.3, -0.25) is 0 Å². The summed E-state index contributed by atoms with van der Waals surface area (Å²) in [6.45, 7) is 0.543. The van der Waals surface area contributed by atoms with Gasteiger partial charge in [0.2, 0.25) is 0 Å². The Morgan fingerprint density at radius 3 is 2.32 bits per heavy atom. The third kappa shape index (κ3) is 2.74. The van der Waals surface area contributed by atoms with Gasteiger partial charge >= 0.3 is 0 Å². The van der Waals surface area contributed by atoms with Crippen molar-refractivity contribution in [2.75, 3.05) is 14.2 Å². The molecule has 0 aromatic heterocycles. The highest BCUT2D eigenvalue weighted by Gasteiger charge is 2.16. The zero-order chi connectivity index (χ0) is 13.8. The number of halogens is 2. The minimum atomic E-state index is -0.625. The number of methoxy groups -OCH3 is 1. The van der Waals surface area contributed by atoms with Crippen molar-refractivity contribution in [1.82, 2.24) is 5.32 Å². The fourth-order valence-corrected chi connectivity index (χ4v) is 2.03. The van der Waals surface area contributed by atoms with E-state index in [9.17, 15) is 8.78 Å². The first-order chi connectivity index (χ1) is 9.17. The second kappa shape index (κ2) is 5.80. The first-order valence-corrected chi connectivity index (χ1v) is 5.93. The highest BCUT2D eigenvalue weighted by atomic mass is 19.1. The van der Waals surface area contributed by atoms with Gasteiger partial charge in [0.05, 0.1) is 12.7 Å². The molecular weight excluding hydrogens is 248 g/mol. The fraction of sp³-hybridized carbons (Fsp3) is 0.200. The zero-order valence-electron chi connectivity index (χ0n) is 10.8. The van der Waals surface area contributed by atoms with Crippen molar-refractivity contribution in [3.63, 3.8) is 0 Å². The van der Waals surface area contributed by atoms with Crippen molar-refractivity contribution >= 4 is 0 Å². The van der Waals surface area contributed by atoms with Gasteiger partial charge in [-0.25, -0.2) is 8.78 Å². The first kappa shape index (κ1) is 13.5. The maximum absolute atomic E-state index is 14.1. The average Bonchev–Trinajstić information content (AvgIpc) is 2.40. The summed E-state index contributed by atoms with van der Waals surface area (Å²) >= 11 is 0. The van der Waals surface area contributed by atoms with Crippen LogP contribution < -0.4 is 10.1 Å². The van der Waals surface area contributed by atoms with E-state index in [2.05, 4.69) is 5.32 Å². The summed E-state index contributed by atoms with van der Waals surface area (Å²) in [5, 5.41) is 2.99. The fourth-order valence-electron chi connectivity index (χ4n) is 2.03. The Hall–Kier alpha value is -1.94. The molecule has 0 heterocycles. The first-order valence-electron chi connectivity index (χ1n) is 5.93. The van der Waals surface area contributed by atoms with E-state index in [1.54, 1.807) is 19.2 Å². The third-order valence-electron chi connectivity index (χ3n) is 2.91. The van der Waals surface area contributed by atoms with Gasteiger partial charge < -0.3 is 10.1 Å². The van der Waals surface area contributed by atoms with Crippen molar-refractivity contribution in [3.8, 4) is 16.9 Å². The van der Waals surface area contributed by atoms with Crippen molar-refractivity contribution in [2.45, 2.75) is 6.54 Å². The highest BCUT2D eigenvalue weighted by Crippen LogP contribution is 2.31. The lowest BCUT2D eigenvalue weighted by molar-refractivity contribution is 0.407. The van der Waals surface area contributed by atoms with E-state index in [1.807, 2.05) is 12.1 Å². The van der Waals surface area contributed by atoms with Crippen LogP contribution in [0, 0.1) is 11.6 Å². The van der Waals surface area contributed by atoms with E-state index in [4.69, 9.17) is 4.74 Å². The van der Waals surface area contributed by atoms with E-state index in [1.165, 1.54) is 19.2 Å². The summed E-state index contributed by atoms with van der Waals surface area (Å²) in [5.41, 5.74) is 1.37. The Kier molecular flexibility index (Phi) is 4.12. The summed E-state index contributed by atoms with van der Waals surface area (Å²) in [4.78, 5) is 0. The number of hydrogen-bond acceptors (Lipinski definition) is 2. The van der Waals surface area contributed by atoms with Gasteiger partial charge in [-0.05, 0) is 18.2 Å². The molecule has 1 N–H and O–H groups in total. The molecule has 0 atom stereocenters. The SMILES string of the molecule is CNCc1ccccc1-c1c(F)cc(OC)cc1F. The van der Waals surface area contributed by atoms with E-state index in [0.29, 0.717) is 12.1 Å². The molecule has 4 heteroatoms. The van der Waals surface area contributed by atoms with Gasteiger partial charge in [-0.2, -0.15) is 0 Å². The molecular formula is C15H15F2NO. The topological polar surface area (TPSA) is 21.3 Å². The van der Waals surface area contributed by atoms with Gasteiger partial charge in [0, 0.05) is 18.7 Å². The van der Waals surface area contributed by atoms with E-state index in [0.717, 1.165) is 5.56 Å². The van der Waals surface area contributed by atoms with Gasteiger partial charge in [-0.1, -0.05) is 24.3 Å². The molecule has 0 aliphatic rings. The van der Waals surface area contributed by atoms with Gasteiger partial charge in [-0.15, -0.1) is 0 Å². The van der Waals surface area contributed by atoms with Crippen LogP contribution in [-0.4, -0.2) is 14.2 Å². The number of nitrogens with one attached hydrogen (secondary N) is 1. The van der Waals surface area contributed by atoms with Crippen LogP contribution in [0.5, 0.6) is 5.75 Å². The normalized spacial score (nSPS) is 10.5. The summed E-state index contributed by atoms with van der Waals surface area (Å²) in [6, 6.07) is 9.53. The van der Waals surface area contributed by atoms with Crippen molar-refractivity contribution in [2.24, 2.45) is 0 Å². The minimum absolute atomic E-state index is 0.0216. The van der Waals surface area contributed by atoms with Gasteiger partial charge in [0.1, 0.15) is 17.4 Å². The Morgan fingerprint density at radius 1 is 1.11 bits per heavy atom. The summed E-state index contributed by atoms with van der Waals surface area (Å²) in [7, 11) is 3.17. The molecule has 0 saturated heterocycles. The molecule has 2 aromatic rings. The van der Waals surface area contributed by atoms with Crippen LogP contribution in [0.3, 0.4) is 0 Å². The molecule has 2 aromatic carbocycles. The molecule has 0 aliphatic heterocycles. The van der Waals surface area contributed by atoms with Gasteiger partial charge in [0.25, 0.3) is 0 Å². The Bertz CT molecular complexity index is 561. The lowest BCUT2D eigenvalue weighted by Gasteiger charge is -2.12. The van der Waals surface area contributed by atoms with Crippen LogP contribution in [0.2, 0.25) is 0 Å². The van der Waals surface area contributed by atoms with Crippen LogP contribution in [0.4, 0.5) is 8.78 Å². The van der Waals surface area contributed by atoms with Gasteiger partial charge in [0.15, 0.2) is 0 Å². The maximum atomic E-state index is 14.1. The second-order valence-electron chi connectivity index (χ2n) is 4.15. The molecule has 100 valence electrons. The van der Waals surface area contributed by atoms with E-state index < -0.39 is 11.6 Å². The Labute approximate surface area is 111 Å². The maximum Gasteiger partial charge on any atom is 0.137 e. The summed E-state index contributed by atoms with van der Waals surface area (Å²) in [6.07, 6.45) is 0. The number of ether oxygens (including phenoxy) is 1. The Balaban J connectivity index is 2.59. The largest absolute Gasteiger partial charge is 0.497 e. The average molecular weight is 263 g/mol. The minimum Gasteiger partial charge on any atom is -0.497 e. The van der Waals surface area contributed by atoms with Crippen LogP contribution in [0.15, 0.2) is 36.4 Å². The third-order valence-corrected chi connectivity index (χ3v) is 2.91. The van der Waals surface area contributed by atoms with Crippen LogP contribution in [0.25, 0.3) is 11.1 Å². The molecule has 0 amide bonds. The molecule has 0 radical (unpaired) electrons. The molecule has 0 saturated carbocycles. The Morgan fingerprint density at radius 2 is 1.74 bits per heavy atom.